The molecular formula is C16H31N3O2. The average Bonchev–Trinajstić information content (AvgIpc) is 3.23. The van der Waals surface area contributed by atoms with Crippen molar-refractivity contribution in [3.8, 4) is 0 Å². The topological polar surface area (TPSA) is 55.8 Å². The van der Waals surface area contributed by atoms with Gasteiger partial charge in [0.05, 0.1) is 0 Å². The van der Waals surface area contributed by atoms with E-state index >= 15 is 0 Å². The summed E-state index contributed by atoms with van der Waals surface area (Å²) in [6.07, 6.45) is 5.43. The van der Waals surface area contributed by atoms with Crippen LogP contribution in [0, 0.1) is 5.92 Å². The predicted octanol–water partition coefficient (Wildman–Crippen LogP) is 1.25. The van der Waals surface area contributed by atoms with Gasteiger partial charge in [-0.15, -0.1) is 0 Å². The van der Waals surface area contributed by atoms with Gasteiger partial charge < -0.3 is 14.9 Å². The largest absolute Gasteiger partial charge is 0.480 e. The Morgan fingerprint density at radius 2 is 1.95 bits per heavy atom. The SMILES string of the molecule is CN1CCC(CN(C)CCC(C)(NC2CC2)C(=O)O)CC1. The molecule has 122 valence electrons. The van der Waals surface area contributed by atoms with E-state index in [-0.39, 0.29) is 0 Å². The molecule has 2 aliphatic rings. The van der Waals surface area contributed by atoms with Gasteiger partial charge in [-0.25, -0.2) is 0 Å². The van der Waals surface area contributed by atoms with Crippen LogP contribution in [0.5, 0.6) is 0 Å². The van der Waals surface area contributed by atoms with Crippen LogP contribution < -0.4 is 5.32 Å². The van der Waals surface area contributed by atoms with Crippen LogP contribution >= 0.6 is 0 Å². The highest BCUT2D eigenvalue weighted by Gasteiger charge is 2.38. The van der Waals surface area contributed by atoms with E-state index in [0.29, 0.717) is 12.5 Å². The fourth-order valence-electron chi connectivity index (χ4n) is 3.11. The molecule has 2 fully saturated rings. The third-order valence-corrected chi connectivity index (χ3v) is 4.97. The molecule has 1 unspecified atom stereocenters. The molecule has 1 saturated heterocycles. The van der Waals surface area contributed by atoms with Crippen molar-refractivity contribution in [2.75, 3.05) is 40.3 Å². The van der Waals surface area contributed by atoms with Crippen molar-refractivity contribution >= 4 is 5.97 Å². The Balaban J connectivity index is 1.73. The lowest BCUT2D eigenvalue weighted by Crippen LogP contribution is -2.52. The lowest BCUT2D eigenvalue weighted by molar-refractivity contribution is -0.144. The summed E-state index contributed by atoms with van der Waals surface area (Å²) >= 11 is 0. The summed E-state index contributed by atoms with van der Waals surface area (Å²) in [5, 5.41) is 12.8. The fourth-order valence-corrected chi connectivity index (χ4v) is 3.11. The first-order valence-corrected chi connectivity index (χ1v) is 8.27. The van der Waals surface area contributed by atoms with Crippen LogP contribution in [0.4, 0.5) is 0 Å². The zero-order valence-corrected chi connectivity index (χ0v) is 13.8. The molecule has 0 amide bonds. The van der Waals surface area contributed by atoms with E-state index in [1.807, 2.05) is 6.92 Å². The first-order valence-electron chi connectivity index (χ1n) is 8.27. The molecule has 2 N–H and O–H groups in total. The van der Waals surface area contributed by atoms with E-state index in [1.54, 1.807) is 0 Å². The number of carbonyl (C=O) groups is 1. The zero-order valence-electron chi connectivity index (χ0n) is 13.8. The second-order valence-electron chi connectivity index (χ2n) is 7.31. The van der Waals surface area contributed by atoms with Crippen molar-refractivity contribution in [3.63, 3.8) is 0 Å². The Morgan fingerprint density at radius 1 is 1.33 bits per heavy atom. The number of aliphatic carboxylic acids is 1. The standard InChI is InChI=1S/C16H31N3O2/c1-16(15(20)21,17-14-4-5-14)8-11-19(3)12-13-6-9-18(2)10-7-13/h13-14,17H,4-12H2,1-3H3,(H,20,21). The van der Waals surface area contributed by atoms with Crippen molar-refractivity contribution in [2.24, 2.45) is 5.92 Å². The molecular weight excluding hydrogens is 266 g/mol. The number of hydrogen-bond acceptors (Lipinski definition) is 4. The van der Waals surface area contributed by atoms with Gasteiger partial charge in [-0.3, -0.25) is 10.1 Å². The van der Waals surface area contributed by atoms with Gasteiger partial charge >= 0.3 is 5.97 Å². The summed E-state index contributed by atoms with van der Waals surface area (Å²) in [6.45, 7) is 6.14. The maximum absolute atomic E-state index is 11.5. The Labute approximate surface area is 128 Å². The van der Waals surface area contributed by atoms with E-state index in [4.69, 9.17) is 0 Å². The van der Waals surface area contributed by atoms with Gasteiger partial charge in [0.2, 0.25) is 0 Å². The van der Waals surface area contributed by atoms with Gasteiger partial charge in [0.25, 0.3) is 0 Å². The summed E-state index contributed by atoms with van der Waals surface area (Å²) in [4.78, 5) is 16.2. The number of nitrogens with one attached hydrogen (secondary N) is 1. The van der Waals surface area contributed by atoms with Crippen LogP contribution in [0.1, 0.15) is 39.0 Å². The minimum absolute atomic E-state index is 0.422. The first kappa shape index (κ1) is 16.7. The third kappa shape index (κ3) is 5.24. The minimum atomic E-state index is -0.776. The van der Waals surface area contributed by atoms with Crippen molar-refractivity contribution < 1.29 is 9.90 Å². The van der Waals surface area contributed by atoms with Gasteiger partial charge in [0.15, 0.2) is 0 Å². The molecule has 0 aromatic heterocycles. The summed E-state index contributed by atoms with van der Waals surface area (Å²) in [5.41, 5.74) is -0.776. The maximum Gasteiger partial charge on any atom is 0.323 e. The third-order valence-electron chi connectivity index (χ3n) is 4.97. The van der Waals surface area contributed by atoms with Crippen molar-refractivity contribution in [3.05, 3.63) is 0 Å². The first-order chi connectivity index (χ1) is 9.89. The van der Waals surface area contributed by atoms with Crippen LogP contribution in [-0.2, 0) is 4.79 Å². The van der Waals surface area contributed by atoms with Gasteiger partial charge in [-0.1, -0.05) is 0 Å². The number of hydrogen-bond donors (Lipinski definition) is 2. The van der Waals surface area contributed by atoms with Crippen LogP contribution in [-0.4, -0.2) is 72.7 Å². The number of carboxylic acids is 1. The van der Waals surface area contributed by atoms with Crippen LogP contribution in [0.25, 0.3) is 0 Å². The molecule has 1 aliphatic carbocycles. The highest BCUT2D eigenvalue weighted by Crippen LogP contribution is 2.24. The zero-order chi connectivity index (χ0) is 15.5. The second kappa shape index (κ2) is 7.07. The van der Waals surface area contributed by atoms with Gasteiger partial charge in [0, 0.05) is 19.1 Å². The number of carboxylic acid groups (broad SMARTS) is 1. The molecule has 0 bridgehead atoms. The Kier molecular flexibility index (Phi) is 5.63. The Bertz CT molecular complexity index is 351. The van der Waals surface area contributed by atoms with Crippen LogP contribution in [0.3, 0.4) is 0 Å². The van der Waals surface area contributed by atoms with Gasteiger partial charge in [-0.05, 0) is 72.1 Å². The van der Waals surface area contributed by atoms with E-state index in [0.717, 1.165) is 31.8 Å². The maximum atomic E-state index is 11.5. The average molecular weight is 297 g/mol. The lowest BCUT2D eigenvalue weighted by atomic mass is 9.95. The minimum Gasteiger partial charge on any atom is -0.480 e. The molecule has 1 heterocycles. The van der Waals surface area contributed by atoms with E-state index in [2.05, 4.69) is 29.2 Å². The second-order valence-corrected chi connectivity index (χ2v) is 7.31. The summed E-state index contributed by atoms with van der Waals surface area (Å²) in [5.74, 6) is 0.0424. The molecule has 0 aromatic rings. The highest BCUT2D eigenvalue weighted by atomic mass is 16.4. The van der Waals surface area contributed by atoms with E-state index in [1.165, 1.54) is 25.9 Å². The summed E-state index contributed by atoms with van der Waals surface area (Å²) in [6, 6.07) is 0.422. The quantitative estimate of drug-likeness (QED) is 0.706. The van der Waals surface area contributed by atoms with E-state index < -0.39 is 11.5 Å². The summed E-state index contributed by atoms with van der Waals surface area (Å²) < 4.78 is 0. The van der Waals surface area contributed by atoms with Crippen molar-refractivity contribution in [1.29, 1.82) is 0 Å². The Hall–Kier alpha value is -0.650. The molecule has 0 aromatic carbocycles. The molecule has 1 atom stereocenters. The predicted molar refractivity (Wildman–Crippen MR) is 84.5 cm³/mol. The van der Waals surface area contributed by atoms with Crippen molar-refractivity contribution in [2.45, 2.75) is 50.6 Å². The number of nitrogens with zero attached hydrogens (tertiary/aromatic N) is 2. The number of piperidine rings is 1. The molecule has 0 spiro atoms. The Morgan fingerprint density at radius 3 is 2.48 bits per heavy atom. The molecule has 1 aliphatic heterocycles. The number of rotatable bonds is 8. The van der Waals surface area contributed by atoms with E-state index in [9.17, 15) is 9.90 Å². The highest BCUT2D eigenvalue weighted by molar-refractivity contribution is 5.78. The monoisotopic (exact) mass is 297 g/mol. The molecule has 1 saturated carbocycles. The van der Waals surface area contributed by atoms with Gasteiger partial charge in [-0.2, -0.15) is 0 Å². The van der Waals surface area contributed by atoms with Crippen molar-refractivity contribution in [1.82, 2.24) is 15.1 Å². The smallest absolute Gasteiger partial charge is 0.323 e. The number of likely N-dealkylation sites (tertiary alicyclic amines) is 1. The molecule has 5 heteroatoms. The van der Waals surface area contributed by atoms with Gasteiger partial charge in [0.1, 0.15) is 5.54 Å². The molecule has 21 heavy (non-hydrogen) atoms. The van der Waals surface area contributed by atoms with Crippen LogP contribution in [0.2, 0.25) is 0 Å². The normalized spacial score (nSPS) is 24.2. The molecule has 0 radical (unpaired) electrons. The lowest BCUT2D eigenvalue weighted by Gasteiger charge is -2.33. The fraction of sp³-hybridized carbons (Fsp3) is 0.938. The molecule has 5 nitrogen and oxygen atoms in total. The molecule has 2 rings (SSSR count). The summed E-state index contributed by atoms with van der Waals surface area (Å²) in [7, 11) is 4.31. The van der Waals surface area contributed by atoms with Crippen LogP contribution in [0.15, 0.2) is 0 Å².